The van der Waals surface area contributed by atoms with Gasteiger partial charge < -0.3 is 5.32 Å². The van der Waals surface area contributed by atoms with Crippen molar-refractivity contribution in [1.82, 2.24) is 9.78 Å². The lowest BCUT2D eigenvalue weighted by Crippen LogP contribution is -2.29. The van der Waals surface area contributed by atoms with Gasteiger partial charge in [0.25, 0.3) is 11.5 Å². The third kappa shape index (κ3) is 3.84. The zero-order chi connectivity index (χ0) is 20.4. The number of para-hydroxylation sites is 1. The largest absolute Gasteiger partial charge is 0.320 e. The van der Waals surface area contributed by atoms with Gasteiger partial charge in [-0.3, -0.25) is 9.59 Å². The highest BCUT2D eigenvalue weighted by molar-refractivity contribution is 6.11. The first-order valence-corrected chi connectivity index (χ1v) is 9.70. The molecule has 3 rings (SSSR count). The van der Waals surface area contributed by atoms with Gasteiger partial charge in [-0.1, -0.05) is 64.1 Å². The molecule has 2 aromatic carbocycles. The van der Waals surface area contributed by atoms with E-state index in [1.54, 1.807) is 12.1 Å². The van der Waals surface area contributed by atoms with Crippen molar-refractivity contribution in [1.29, 1.82) is 0 Å². The molecule has 0 aliphatic rings. The Morgan fingerprint density at radius 3 is 2.36 bits per heavy atom. The maximum absolute atomic E-state index is 13.2. The van der Waals surface area contributed by atoms with Gasteiger partial charge in [-0.15, -0.1) is 0 Å². The Labute approximate surface area is 165 Å². The smallest absolute Gasteiger partial charge is 0.276 e. The van der Waals surface area contributed by atoms with E-state index in [1.165, 1.54) is 4.68 Å². The highest BCUT2D eigenvalue weighted by Gasteiger charge is 2.19. The Kier molecular flexibility index (Phi) is 5.63. The topological polar surface area (TPSA) is 64.0 Å². The van der Waals surface area contributed by atoms with Gasteiger partial charge >= 0.3 is 0 Å². The number of benzene rings is 2. The number of carbonyl (C=O) groups is 1. The van der Waals surface area contributed by atoms with E-state index < -0.39 is 0 Å². The van der Waals surface area contributed by atoms with Crippen molar-refractivity contribution in [3.63, 3.8) is 0 Å². The number of nitrogens with one attached hydrogen (secondary N) is 1. The van der Waals surface area contributed by atoms with Crippen LogP contribution in [0.1, 0.15) is 55.2 Å². The summed E-state index contributed by atoms with van der Waals surface area (Å²) in [6, 6.07) is 13.2. The number of nitrogens with zero attached hydrogens (tertiary/aromatic N) is 2. The van der Waals surface area contributed by atoms with Crippen LogP contribution in [-0.2, 0) is 6.54 Å². The van der Waals surface area contributed by atoms with Crippen molar-refractivity contribution < 1.29 is 4.79 Å². The molecule has 1 heterocycles. The number of hydrogen-bond acceptors (Lipinski definition) is 3. The second-order valence-corrected chi connectivity index (χ2v) is 7.92. The predicted octanol–water partition coefficient (Wildman–Crippen LogP) is 4.74. The second kappa shape index (κ2) is 7.97. The molecule has 0 radical (unpaired) electrons. The van der Waals surface area contributed by atoms with Crippen LogP contribution in [0.15, 0.2) is 47.3 Å². The summed E-state index contributed by atoms with van der Waals surface area (Å²) < 4.78 is 1.41. The Morgan fingerprint density at radius 1 is 1.04 bits per heavy atom. The molecule has 146 valence electrons. The first-order chi connectivity index (χ1) is 13.3. The molecule has 28 heavy (non-hydrogen) atoms. The molecule has 0 unspecified atom stereocenters. The first-order valence-electron chi connectivity index (χ1n) is 9.70. The minimum atomic E-state index is -0.301. The molecule has 3 aromatic rings. The van der Waals surface area contributed by atoms with E-state index in [4.69, 9.17) is 0 Å². The third-order valence-electron chi connectivity index (χ3n) is 4.79. The maximum atomic E-state index is 13.2. The Morgan fingerprint density at radius 2 is 1.71 bits per heavy atom. The number of aromatic nitrogens is 2. The van der Waals surface area contributed by atoms with Gasteiger partial charge in [-0.25, -0.2) is 4.68 Å². The molecule has 0 saturated heterocycles. The summed E-state index contributed by atoms with van der Waals surface area (Å²) in [5.41, 5.74) is 3.00. The van der Waals surface area contributed by atoms with Crippen LogP contribution in [-0.4, -0.2) is 15.7 Å². The van der Waals surface area contributed by atoms with Gasteiger partial charge in [0.2, 0.25) is 0 Å². The fourth-order valence-corrected chi connectivity index (χ4v) is 3.39. The Hall–Kier alpha value is -2.95. The van der Waals surface area contributed by atoms with Crippen molar-refractivity contribution in [2.75, 3.05) is 5.32 Å². The summed E-state index contributed by atoms with van der Waals surface area (Å²) in [5.74, 6) is 0.214. The number of anilines is 1. The zero-order valence-electron chi connectivity index (χ0n) is 17.1. The molecular weight excluding hydrogens is 350 g/mol. The van der Waals surface area contributed by atoms with Crippen LogP contribution in [0.4, 0.5) is 5.69 Å². The molecule has 0 aliphatic carbocycles. The van der Waals surface area contributed by atoms with Crippen molar-refractivity contribution in [3.8, 4) is 0 Å². The average molecular weight is 377 g/mol. The Balaban J connectivity index is 2.13. The lowest BCUT2D eigenvalue weighted by atomic mass is 9.98. The molecule has 0 spiro atoms. The third-order valence-corrected chi connectivity index (χ3v) is 4.79. The fourth-order valence-electron chi connectivity index (χ4n) is 3.39. The number of amides is 1. The number of rotatable bonds is 5. The van der Waals surface area contributed by atoms with Gasteiger partial charge in [0, 0.05) is 17.6 Å². The normalized spacial score (nSPS) is 11.4. The van der Waals surface area contributed by atoms with E-state index >= 15 is 0 Å². The van der Waals surface area contributed by atoms with E-state index in [0.29, 0.717) is 17.3 Å². The molecule has 1 amide bonds. The van der Waals surface area contributed by atoms with Gasteiger partial charge in [-0.05, 0) is 36.0 Å². The predicted molar refractivity (Wildman–Crippen MR) is 114 cm³/mol. The number of fused-ring (bicyclic) bond motifs is 1. The van der Waals surface area contributed by atoms with Crippen molar-refractivity contribution in [2.45, 2.75) is 47.1 Å². The minimum absolute atomic E-state index is 0.167. The summed E-state index contributed by atoms with van der Waals surface area (Å²) in [6.07, 6.45) is 0. The molecule has 0 atom stereocenters. The monoisotopic (exact) mass is 377 g/mol. The van der Waals surface area contributed by atoms with Gasteiger partial charge in [0.05, 0.1) is 5.39 Å². The van der Waals surface area contributed by atoms with Crippen molar-refractivity contribution in [2.24, 2.45) is 5.92 Å². The SMILES string of the molecule is Cc1cccc(C(C)C)c1NC(=O)c1nn(CC(C)C)c(=O)c2ccccc12. The number of aryl methyl sites for hydroxylation is 1. The molecular formula is C23H27N3O2. The highest BCUT2D eigenvalue weighted by Crippen LogP contribution is 2.28. The average Bonchev–Trinajstić information content (AvgIpc) is 2.65. The quantitative estimate of drug-likeness (QED) is 0.699. The van der Waals surface area contributed by atoms with Gasteiger partial charge in [-0.2, -0.15) is 5.10 Å². The van der Waals surface area contributed by atoms with E-state index in [-0.39, 0.29) is 29.0 Å². The number of carbonyl (C=O) groups excluding carboxylic acids is 1. The van der Waals surface area contributed by atoms with E-state index in [2.05, 4.69) is 24.3 Å². The Bertz CT molecular complexity index is 1080. The molecule has 1 aromatic heterocycles. The van der Waals surface area contributed by atoms with Crippen LogP contribution < -0.4 is 10.9 Å². The van der Waals surface area contributed by atoms with Crippen molar-refractivity contribution >= 4 is 22.4 Å². The lowest BCUT2D eigenvalue weighted by Gasteiger charge is -2.17. The van der Waals surface area contributed by atoms with E-state index in [1.807, 2.05) is 51.1 Å². The van der Waals surface area contributed by atoms with Crippen LogP contribution in [0, 0.1) is 12.8 Å². The van der Waals surface area contributed by atoms with Gasteiger partial charge in [0.15, 0.2) is 5.69 Å². The van der Waals surface area contributed by atoms with Crippen LogP contribution in [0.3, 0.4) is 0 Å². The molecule has 5 heteroatoms. The second-order valence-electron chi connectivity index (χ2n) is 7.92. The van der Waals surface area contributed by atoms with E-state index in [9.17, 15) is 9.59 Å². The maximum Gasteiger partial charge on any atom is 0.276 e. The van der Waals surface area contributed by atoms with Crippen LogP contribution in [0.2, 0.25) is 0 Å². The van der Waals surface area contributed by atoms with Crippen LogP contribution >= 0.6 is 0 Å². The molecule has 0 aliphatic heterocycles. The lowest BCUT2D eigenvalue weighted by molar-refractivity contribution is 0.102. The zero-order valence-corrected chi connectivity index (χ0v) is 17.1. The van der Waals surface area contributed by atoms with Crippen LogP contribution in [0.5, 0.6) is 0 Å². The van der Waals surface area contributed by atoms with Crippen molar-refractivity contribution in [3.05, 3.63) is 69.6 Å². The number of hydrogen-bond donors (Lipinski definition) is 1. The summed E-state index contributed by atoms with van der Waals surface area (Å²) in [6.45, 7) is 10.7. The molecule has 1 N–H and O–H groups in total. The van der Waals surface area contributed by atoms with Crippen LogP contribution in [0.25, 0.3) is 10.8 Å². The first kappa shape index (κ1) is 19.8. The summed E-state index contributed by atoms with van der Waals surface area (Å²) in [4.78, 5) is 26.0. The highest BCUT2D eigenvalue weighted by atomic mass is 16.2. The molecule has 0 saturated carbocycles. The van der Waals surface area contributed by atoms with E-state index in [0.717, 1.165) is 16.8 Å². The summed E-state index contributed by atoms with van der Waals surface area (Å²) >= 11 is 0. The van der Waals surface area contributed by atoms with Gasteiger partial charge in [0.1, 0.15) is 0 Å². The standard InChI is InChI=1S/C23H27N3O2/c1-14(2)13-26-23(28)19-11-7-6-10-18(19)21(25-26)22(27)24-20-16(5)9-8-12-17(20)15(3)4/h6-12,14-15H,13H2,1-5H3,(H,24,27). The fraction of sp³-hybridized carbons (Fsp3) is 0.348. The summed E-state index contributed by atoms with van der Waals surface area (Å²) in [5, 5.41) is 8.57. The summed E-state index contributed by atoms with van der Waals surface area (Å²) in [7, 11) is 0. The molecule has 5 nitrogen and oxygen atoms in total. The minimum Gasteiger partial charge on any atom is -0.320 e. The molecule has 0 fully saturated rings. The molecule has 0 bridgehead atoms.